The molecule has 0 fully saturated rings. The Morgan fingerprint density at radius 3 is 1.90 bits per heavy atom. The van der Waals surface area contributed by atoms with Gasteiger partial charge in [0.05, 0.1) is 22.5 Å². The number of aliphatic hydroxyl groups is 2. The molecule has 0 saturated heterocycles. The van der Waals surface area contributed by atoms with Crippen molar-refractivity contribution < 1.29 is 19.8 Å². The highest BCUT2D eigenvalue weighted by molar-refractivity contribution is 6.21. The molecule has 0 bridgehead atoms. The van der Waals surface area contributed by atoms with Gasteiger partial charge in [0.2, 0.25) is 0 Å². The first-order valence-corrected chi connectivity index (χ1v) is 14.3. The maximum absolute atomic E-state index is 14.2. The molecule has 0 atom stereocenters. The van der Waals surface area contributed by atoms with Crippen LogP contribution in [0.15, 0.2) is 59.7 Å². The Morgan fingerprint density at radius 2 is 1.33 bits per heavy atom. The summed E-state index contributed by atoms with van der Waals surface area (Å²) < 4.78 is 0. The van der Waals surface area contributed by atoms with Crippen molar-refractivity contribution in [2.24, 2.45) is 0 Å². The summed E-state index contributed by atoms with van der Waals surface area (Å²) in [5, 5.41) is 18.3. The number of carbonyl (C=O) groups is 2. The van der Waals surface area contributed by atoms with Crippen molar-refractivity contribution in [1.29, 1.82) is 0 Å². The number of unbranched alkanes of at least 4 members (excludes halogenated alkanes) is 6. The highest BCUT2D eigenvalue weighted by Crippen LogP contribution is 2.40. The van der Waals surface area contributed by atoms with E-state index in [2.05, 4.69) is 4.90 Å². The van der Waals surface area contributed by atoms with Crippen molar-refractivity contribution in [3.63, 3.8) is 0 Å². The molecule has 2 aromatic rings. The van der Waals surface area contributed by atoms with E-state index in [1.165, 1.54) is 0 Å². The molecule has 39 heavy (non-hydrogen) atoms. The summed E-state index contributed by atoms with van der Waals surface area (Å²) in [5.41, 5.74) is 6.35. The topological polar surface area (TPSA) is 81.1 Å². The molecule has 210 valence electrons. The number of aryl methyl sites for hydroxylation is 2. The fraction of sp³-hybridized carbons (Fsp3) is 0.455. The summed E-state index contributed by atoms with van der Waals surface area (Å²) in [7, 11) is 1.99. The second kappa shape index (κ2) is 15.4. The fourth-order valence-corrected chi connectivity index (χ4v) is 5.12. The van der Waals surface area contributed by atoms with E-state index in [0.717, 1.165) is 92.1 Å². The monoisotopic (exact) mass is 532 g/mol. The number of aldehydes is 1. The van der Waals surface area contributed by atoms with Crippen LogP contribution in [0.3, 0.4) is 0 Å². The van der Waals surface area contributed by atoms with Crippen LogP contribution in [0, 0.1) is 13.8 Å². The molecule has 3 rings (SSSR count). The fourth-order valence-electron chi connectivity index (χ4n) is 5.12. The third-order valence-corrected chi connectivity index (χ3v) is 7.33. The van der Waals surface area contributed by atoms with Gasteiger partial charge in [0.15, 0.2) is 6.29 Å². The SMILES string of the molecule is Cc1ccc(C2=C(C=O)/C(=C(/c3ccc(C)cc3)N(C)CCCCCCO)C(=O)N2CCCCCCO)cc1. The summed E-state index contributed by atoms with van der Waals surface area (Å²) in [5.74, 6) is -0.141. The molecule has 0 aromatic heterocycles. The third-order valence-electron chi connectivity index (χ3n) is 7.33. The summed E-state index contributed by atoms with van der Waals surface area (Å²) in [6.07, 6.45) is 7.85. The number of hydrogen-bond donors (Lipinski definition) is 2. The lowest BCUT2D eigenvalue weighted by Gasteiger charge is -2.26. The first-order valence-electron chi connectivity index (χ1n) is 14.3. The zero-order chi connectivity index (χ0) is 28.2. The van der Waals surface area contributed by atoms with Crippen molar-refractivity contribution in [3.05, 3.63) is 81.9 Å². The molecule has 6 heteroatoms. The van der Waals surface area contributed by atoms with Crippen molar-refractivity contribution in [2.45, 2.75) is 65.2 Å². The minimum absolute atomic E-state index is 0.141. The molecular formula is C33H44N2O4. The van der Waals surface area contributed by atoms with E-state index in [-0.39, 0.29) is 19.1 Å². The van der Waals surface area contributed by atoms with E-state index in [0.29, 0.717) is 23.4 Å². The Labute approximate surface area is 233 Å². The van der Waals surface area contributed by atoms with Crippen LogP contribution in [0.5, 0.6) is 0 Å². The first kappa shape index (κ1) is 30.3. The van der Waals surface area contributed by atoms with Crippen molar-refractivity contribution in [2.75, 3.05) is 33.4 Å². The highest BCUT2D eigenvalue weighted by Gasteiger charge is 2.38. The maximum atomic E-state index is 14.2. The lowest BCUT2D eigenvalue weighted by atomic mass is 9.97. The predicted molar refractivity (Wildman–Crippen MR) is 158 cm³/mol. The normalized spacial score (nSPS) is 14.8. The zero-order valence-corrected chi connectivity index (χ0v) is 23.8. The van der Waals surface area contributed by atoms with Crippen LogP contribution in [-0.4, -0.2) is 65.6 Å². The minimum Gasteiger partial charge on any atom is -0.396 e. The number of amides is 1. The Bertz CT molecular complexity index is 1150. The summed E-state index contributed by atoms with van der Waals surface area (Å²) in [6.45, 7) is 5.68. The largest absolute Gasteiger partial charge is 0.396 e. The Kier molecular flexibility index (Phi) is 12.0. The van der Waals surface area contributed by atoms with E-state index in [1.807, 2.05) is 69.4 Å². The van der Waals surface area contributed by atoms with Gasteiger partial charge in [0.25, 0.3) is 5.91 Å². The number of benzene rings is 2. The Balaban J connectivity index is 2.11. The van der Waals surface area contributed by atoms with Gasteiger partial charge >= 0.3 is 0 Å². The molecule has 0 saturated carbocycles. The van der Waals surface area contributed by atoms with Crippen molar-refractivity contribution in [1.82, 2.24) is 9.80 Å². The third kappa shape index (κ3) is 7.90. The zero-order valence-electron chi connectivity index (χ0n) is 23.8. The van der Waals surface area contributed by atoms with E-state index in [9.17, 15) is 9.59 Å². The van der Waals surface area contributed by atoms with Gasteiger partial charge in [-0.1, -0.05) is 85.3 Å². The molecule has 0 spiro atoms. The second-order valence-corrected chi connectivity index (χ2v) is 10.5. The van der Waals surface area contributed by atoms with E-state index in [1.54, 1.807) is 4.90 Å². The molecule has 1 heterocycles. The Morgan fingerprint density at radius 1 is 0.795 bits per heavy atom. The number of rotatable bonds is 16. The number of nitrogens with zero attached hydrogens (tertiary/aromatic N) is 2. The standard InChI is InChI=1S/C33H44N2O4/c1-25-12-16-27(17-13-25)31-29(24-38)30(33(39)35(31)21-9-5-7-11-23-37)32(28-18-14-26(2)15-19-28)34(3)20-8-4-6-10-22-36/h12-19,24,36-37H,4-11,20-23H2,1-3H3/b32-30+. The first-order chi connectivity index (χ1) is 18.9. The van der Waals surface area contributed by atoms with Crippen molar-refractivity contribution in [3.8, 4) is 0 Å². The van der Waals surface area contributed by atoms with Crippen LogP contribution in [0.2, 0.25) is 0 Å². The van der Waals surface area contributed by atoms with Crippen LogP contribution in [0.1, 0.15) is 73.6 Å². The molecule has 1 aliphatic heterocycles. The smallest absolute Gasteiger partial charge is 0.261 e. The van der Waals surface area contributed by atoms with Crippen LogP contribution in [0.4, 0.5) is 0 Å². The van der Waals surface area contributed by atoms with Crippen LogP contribution in [-0.2, 0) is 9.59 Å². The average molecular weight is 533 g/mol. The van der Waals surface area contributed by atoms with Gasteiger partial charge in [0, 0.05) is 33.4 Å². The molecular weight excluding hydrogens is 488 g/mol. The van der Waals surface area contributed by atoms with E-state index >= 15 is 0 Å². The number of carbonyl (C=O) groups excluding carboxylic acids is 2. The molecule has 2 N–H and O–H groups in total. The van der Waals surface area contributed by atoms with Crippen LogP contribution >= 0.6 is 0 Å². The van der Waals surface area contributed by atoms with Crippen LogP contribution < -0.4 is 0 Å². The highest BCUT2D eigenvalue weighted by atomic mass is 16.3. The average Bonchev–Trinajstić information content (AvgIpc) is 3.21. The summed E-state index contributed by atoms with van der Waals surface area (Å²) in [6, 6.07) is 16.1. The summed E-state index contributed by atoms with van der Waals surface area (Å²) >= 11 is 0. The van der Waals surface area contributed by atoms with E-state index < -0.39 is 0 Å². The van der Waals surface area contributed by atoms with Gasteiger partial charge in [-0.15, -0.1) is 0 Å². The predicted octanol–water partition coefficient (Wildman–Crippen LogP) is 5.50. The quantitative estimate of drug-likeness (QED) is 0.169. The molecule has 1 amide bonds. The molecule has 1 aliphatic rings. The molecule has 0 aliphatic carbocycles. The number of aliphatic hydroxyl groups excluding tert-OH is 2. The van der Waals surface area contributed by atoms with E-state index in [4.69, 9.17) is 10.2 Å². The Hall–Kier alpha value is -3.22. The summed E-state index contributed by atoms with van der Waals surface area (Å²) in [4.78, 5) is 30.9. The van der Waals surface area contributed by atoms with Gasteiger partial charge in [-0.25, -0.2) is 0 Å². The van der Waals surface area contributed by atoms with Crippen LogP contribution in [0.25, 0.3) is 11.4 Å². The van der Waals surface area contributed by atoms with Gasteiger partial charge < -0.3 is 20.0 Å². The number of hydrogen-bond acceptors (Lipinski definition) is 5. The molecule has 0 unspecified atom stereocenters. The van der Waals surface area contributed by atoms with Gasteiger partial charge in [-0.3, -0.25) is 9.59 Å². The van der Waals surface area contributed by atoms with Gasteiger partial charge in [0.1, 0.15) is 0 Å². The maximum Gasteiger partial charge on any atom is 0.261 e. The lowest BCUT2D eigenvalue weighted by Crippen LogP contribution is -2.29. The molecule has 0 radical (unpaired) electrons. The minimum atomic E-state index is -0.141. The molecule has 6 nitrogen and oxygen atoms in total. The second-order valence-electron chi connectivity index (χ2n) is 10.5. The molecule has 2 aromatic carbocycles. The van der Waals surface area contributed by atoms with Crippen molar-refractivity contribution >= 4 is 23.6 Å². The lowest BCUT2D eigenvalue weighted by molar-refractivity contribution is -0.123. The van der Waals surface area contributed by atoms with Gasteiger partial charge in [-0.2, -0.15) is 0 Å². The van der Waals surface area contributed by atoms with Gasteiger partial charge in [-0.05, 0) is 50.7 Å².